The number of carbonyl (C=O) groups excluding carboxylic acids is 4. The molecule has 9 nitrogen and oxygen atoms in total. The van der Waals surface area contributed by atoms with Crippen molar-refractivity contribution < 1.29 is 42.9 Å². The van der Waals surface area contributed by atoms with Gasteiger partial charge in [-0.25, -0.2) is 0 Å². The van der Waals surface area contributed by atoms with Crippen LogP contribution in [0.2, 0.25) is 0 Å². The molecule has 0 N–H and O–H groups in total. The molecule has 1 saturated heterocycles. The highest BCUT2D eigenvalue weighted by Crippen LogP contribution is 2.30. The molecule has 26 heavy (non-hydrogen) atoms. The first kappa shape index (κ1) is 21.6. The van der Waals surface area contributed by atoms with Gasteiger partial charge in [-0.15, -0.1) is 0 Å². The lowest BCUT2D eigenvalue weighted by Crippen LogP contribution is -2.61. The van der Waals surface area contributed by atoms with Crippen molar-refractivity contribution in [2.45, 2.75) is 72.2 Å². The molecule has 1 heterocycles. The Morgan fingerprint density at radius 3 is 1.50 bits per heavy atom. The Morgan fingerprint density at radius 1 is 0.654 bits per heavy atom. The van der Waals surface area contributed by atoms with Crippen LogP contribution in [0.25, 0.3) is 0 Å². The third-order valence-electron chi connectivity index (χ3n) is 3.22. The average molecular weight is 372 g/mol. The molecule has 1 rings (SSSR count). The topological polar surface area (TPSA) is 114 Å². The van der Waals surface area contributed by atoms with Gasteiger partial charge in [0.05, 0.1) is 0 Å². The molecule has 0 unspecified atom stereocenters. The van der Waals surface area contributed by atoms with Crippen molar-refractivity contribution in [2.24, 2.45) is 0 Å². The Hall–Kier alpha value is -2.42. The van der Waals surface area contributed by atoms with Crippen LogP contribution in [0.15, 0.2) is 11.6 Å². The van der Waals surface area contributed by atoms with E-state index in [-0.39, 0.29) is 0 Å². The Bertz CT molecular complexity index is 591. The molecule has 0 aromatic heterocycles. The van der Waals surface area contributed by atoms with Crippen molar-refractivity contribution in [1.29, 1.82) is 0 Å². The van der Waals surface area contributed by atoms with Crippen molar-refractivity contribution in [3.8, 4) is 0 Å². The SMILES string of the molecule is CC(=O)O[C@H]1O[C@H](C=C(C)C)[C@@H](OC(C)=O)[C@@H](OC(C)=O)[C@@H]1OC(C)=O. The van der Waals surface area contributed by atoms with Crippen LogP contribution in [0, 0.1) is 0 Å². The van der Waals surface area contributed by atoms with E-state index in [1.807, 2.05) is 0 Å². The number of carbonyl (C=O) groups is 4. The van der Waals surface area contributed by atoms with E-state index in [1.54, 1.807) is 19.9 Å². The molecule has 146 valence electrons. The zero-order valence-corrected chi connectivity index (χ0v) is 15.6. The van der Waals surface area contributed by atoms with Crippen LogP contribution in [0.4, 0.5) is 0 Å². The van der Waals surface area contributed by atoms with E-state index in [9.17, 15) is 19.2 Å². The number of ether oxygens (including phenoxy) is 5. The van der Waals surface area contributed by atoms with Gasteiger partial charge >= 0.3 is 23.9 Å². The summed E-state index contributed by atoms with van der Waals surface area (Å²) in [6.07, 6.45) is -4.21. The van der Waals surface area contributed by atoms with Gasteiger partial charge < -0.3 is 23.7 Å². The Labute approximate surface area is 151 Å². The third kappa shape index (κ3) is 6.47. The lowest BCUT2D eigenvalue weighted by atomic mass is 9.96. The predicted octanol–water partition coefficient (Wildman–Crippen LogP) is 1.04. The van der Waals surface area contributed by atoms with E-state index in [4.69, 9.17) is 23.7 Å². The first-order valence-electron chi connectivity index (χ1n) is 8.00. The van der Waals surface area contributed by atoms with Gasteiger partial charge in [-0.2, -0.15) is 0 Å². The summed E-state index contributed by atoms with van der Waals surface area (Å²) in [4.78, 5) is 46.0. The Morgan fingerprint density at radius 2 is 1.08 bits per heavy atom. The van der Waals surface area contributed by atoms with Crippen molar-refractivity contribution >= 4 is 23.9 Å². The smallest absolute Gasteiger partial charge is 0.305 e. The van der Waals surface area contributed by atoms with Crippen molar-refractivity contribution in [3.63, 3.8) is 0 Å². The Kier molecular flexibility index (Phi) is 7.76. The van der Waals surface area contributed by atoms with Gasteiger partial charge in [0.1, 0.15) is 6.10 Å². The molecule has 1 aliphatic rings. The fraction of sp³-hybridized carbons (Fsp3) is 0.647. The summed E-state index contributed by atoms with van der Waals surface area (Å²) in [7, 11) is 0. The number of hydrogen-bond acceptors (Lipinski definition) is 9. The van der Waals surface area contributed by atoms with Gasteiger partial charge in [-0.05, 0) is 13.8 Å². The second-order valence-electron chi connectivity index (χ2n) is 6.04. The van der Waals surface area contributed by atoms with Gasteiger partial charge in [0, 0.05) is 27.7 Å². The van der Waals surface area contributed by atoms with Crippen LogP contribution in [-0.4, -0.2) is 54.6 Å². The van der Waals surface area contributed by atoms with E-state index in [1.165, 1.54) is 6.92 Å². The number of rotatable bonds is 5. The minimum absolute atomic E-state index is 0.643. The first-order valence-corrected chi connectivity index (χ1v) is 8.00. The van der Waals surface area contributed by atoms with Gasteiger partial charge in [-0.1, -0.05) is 11.6 Å². The molecule has 0 aromatic rings. The highest BCUT2D eigenvalue weighted by atomic mass is 16.7. The molecule has 0 saturated carbocycles. The number of hydrogen-bond donors (Lipinski definition) is 0. The maximum absolute atomic E-state index is 11.6. The van der Waals surface area contributed by atoms with Crippen LogP contribution in [0.1, 0.15) is 41.5 Å². The maximum atomic E-state index is 11.6. The molecule has 1 fully saturated rings. The summed E-state index contributed by atoms with van der Waals surface area (Å²) in [5.74, 6) is -2.73. The van der Waals surface area contributed by atoms with E-state index >= 15 is 0 Å². The largest absolute Gasteiger partial charge is 0.455 e. The van der Waals surface area contributed by atoms with Crippen molar-refractivity contribution in [1.82, 2.24) is 0 Å². The van der Waals surface area contributed by atoms with Gasteiger partial charge in [-0.3, -0.25) is 19.2 Å². The summed E-state index contributed by atoms with van der Waals surface area (Å²) >= 11 is 0. The summed E-state index contributed by atoms with van der Waals surface area (Å²) in [5.41, 5.74) is 0.821. The first-order chi connectivity index (χ1) is 12.0. The van der Waals surface area contributed by atoms with Crippen molar-refractivity contribution in [3.05, 3.63) is 11.6 Å². The minimum Gasteiger partial charge on any atom is -0.455 e. The van der Waals surface area contributed by atoms with Crippen molar-refractivity contribution in [2.75, 3.05) is 0 Å². The lowest BCUT2D eigenvalue weighted by Gasteiger charge is -2.43. The zero-order valence-electron chi connectivity index (χ0n) is 15.6. The van der Waals surface area contributed by atoms with Crippen LogP contribution < -0.4 is 0 Å². The van der Waals surface area contributed by atoms with Gasteiger partial charge in [0.2, 0.25) is 12.4 Å². The van der Waals surface area contributed by atoms with Crippen LogP contribution in [0.3, 0.4) is 0 Å². The summed E-state index contributed by atoms with van der Waals surface area (Å²) in [6.45, 7) is 8.20. The van der Waals surface area contributed by atoms with Crippen LogP contribution in [0.5, 0.6) is 0 Å². The third-order valence-corrected chi connectivity index (χ3v) is 3.22. The molecule has 0 aromatic carbocycles. The highest BCUT2D eigenvalue weighted by Gasteiger charge is 2.52. The molecule has 0 spiro atoms. The molecular formula is C17H24O9. The fourth-order valence-corrected chi connectivity index (χ4v) is 2.53. The minimum atomic E-state index is -1.34. The summed E-state index contributed by atoms with van der Waals surface area (Å²) in [6, 6.07) is 0. The molecular weight excluding hydrogens is 348 g/mol. The molecule has 1 aliphatic heterocycles. The standard InChI is InChI=1S/C17H24O9/c1-8(2)7-13-14(22-9(3)18)15(23-10(4)19)16(24-11(5)20)17(26-13)25-12(6)21/h7,13-17H,1-6H3/t13-,14-,15-,16+,17+/m1/s1. The Balaban J connectivity index is 3.37. The second kappa shape index (κ2) is 9.33. The van der Waals surface area contributed by atoms with Gasteiger partial charge in [0.25, 0.3) is 0 Å². The molecule has 0 amide bonds. The van der Waals surface area contributed by atoms with E-state index in [2.05, 4.69) is 0 Å². The fourth-order valence-electron chi connectivity index (χ4n) is 2.53. The second-order valence-corrected chi connectivity index (χ2v) is 6.04. The van der Waals surface area contributed by atoms with Gasteiger partial charge in [0.15, 0.2) is 12.2 Å². The maximum Gasteiger partial charge on any atom is 0.305 e. The quantitative estimate of drug-likeness (QED) is 0.396. The number of esters is 4. The molecule has 5 atom stereocenters. The van der Waals surface area contributed by atoms with Crippen LogP contribution >= 0.6 is 0 Å². The predicted molar refractivity (Wildman–Crippen MR) is 86.5 cm³/mol. The molecule has 0 bridgehead atoms. The number of allylic oxidation sites excluding steroid dienone is 1. The van der Waals surface area contributed by atoms with E-state index < -0.39 is 54.6 Å². The lowest BCUT2D eigenvalue weighted by molar-refractivity contribution is -0.287. The molecule has 0 aliphatic carbocycles. The summed E-state index contributed by atoms with van der Waals surface area (Å²) in [5, 5.41) is 0. The van der Waals surface area contributed by atoms with E-state index in [0.717, 1.165) is 26.3 Å². The molecule has 9 heteroatoms. The van der Waals surface area contributed by atoms with Crippen LogP contribution in [-0.2, 0) is 42.9 Å². The zero-order chi connectivity index (χ0) is 20.0. The summed E-state index contributed by atoms with van der Waals surface area (Å²) < 4.78 is 26.4. The van der Waals surface area contributed by atoms with E-state index in [0.29, 0.717) is 0 Å². The average Bonchev–Trinajstić information content (AvgIpc) is 2.44. The highest BCUT2D eigenvalue weighted by molar-refractivity contribution is 5.69. The normalized spacial score (nSPS) is 27.7. The molecule has 0 radical (unpaired) electrons. The monoisotopic (exact) mass is 372 g/mol.